The molecule has 0 radical (unpaired) electrons. The lowest BCUT2D eigenvalue weighted by atomic mass is 10.2. The molecular weight excluding hydrogens is 414 g/mol. The molecule has 4 aromatic rings. The highest BCUT2D eigenvalue weighted by Crippen LogP contribution is 2.32. The Balaban J connectivity index is 1.39. The highest BCUT2D eigenvalue weighted by Gasteiger charge is 2.17. The van der Waals surface area contributed by atoms with Crippen LogP contribution in [0.25, 0.3) is 16.7 Å². The van der Waals surface area contributed by atoms with Gasteiger partial charge in [-0.15, -0.1) is 0 Å². The first-order valence-electron chi connectivity index (χ1n) is 10.3. The Bertz CT molecular complexity index is 1260. The third-order valence-corrected chi connectivity index (χ3v) is 6.20. The van der Waals surface area contributed by atoms with Gasteiger partial charge in [0.05, 0.1) is 23.9 Å². The fourth-order valence-electron chi connectivity index (χ4n) is 3.85. The summed E-state index contributed by atoms with van der Waals surface area (Å²) in [4.78, 5) is 14.6. The van der Waals surface area contributed by atoms with Crippen LogP contribution in [0.4, 0.5) is 11.6 Å². The van der Waals surface area contributed by atoms with Gasteiger partial charge < -0.3 is 9.88 Å². The average Bonchev–Trinajstić information content (AvgIpc) is 3.47. The van der Waals surface area contributed by atoms with Crippen molar-refractivity contribution < 1.29 is 4.84 Å². The monoisotopic (exact) mass is 437 g/mol. The van der Waals surface area contributed by atoms with Gasteiger partial charge in [0.15, 0.2) is 5.82 Å². The smallest absolute Gasteiger partial charge is 0.229 e. The summed E-state index contributed by atoms with van der Waals surface area (Å²) in [7, 11) is 2.01. The number of fused-ring (bicyclic) bond motifs is 1. The molecule has 8 nitrogen and oxygen atoms in total. The van der Waals surface area contributed by atoms with Gasteiger partial charge in [0.1, 0.15) is 0 Å². The predicted molar refractivity (Wildman–Crippen MR) is 121 cm³/mol. The molecule has 4 heterocycles. The maximum Gasteiger partial charge on any atom is 0.229 e. The van der Waals surface area contributed by atoms with Crippen LogP contribution < -0.4 is 5.32 Å². The van der Waals surface area contributed by atoms with Crippen LogP contribution in [-0.2, 0) is 18.4 Å². The topological polar surface area (TPSA) is 73.0 Å². The number of hydrogen-bond donors (Lipinski definition) is 1. The molecule has 1 fully saturated rings. The van der Waals surface area contributed by atoms with Gasteiger partial charge in [-0.2, -0.15) is 15.1 Å². The second kappa shape index (κ2) is 7.96. The molecule has 1 aliphatic rings. The number of aromatic nitrogens is 5. The van der Waals surface area contributed by atoms with Crippen molar-refractivity contribution in [3.63, 3.8) is 0 Å². The number of aryl methyl sites for hydroxylation is 2. The van der Waals surface area contributed by atoms with Gasteiger partial charge >= 0.3 is 0 Å². The van der Waals surface area contributed by atoms with E-state index in [2.05, 4.69) is 25.0 Å². The summed E-state index contributed by atoms with van der Waals surface area (Å²) in [6, 6.07) is 7.91. The van der Waals surface area contributed by atoms with E-state index in [4.69, 9.17) is 16.4 Å². The summed E-state index contributed by atoms with van der Waals surface area (Å²) in [6.45, 7) is 6.47. The molecule has 0 saturated carbocycles. The molecule has 1 saturated heterocycles. The first-order valence-corrected chi connectivity index (χ1v) is 10.7. The molecule has 3 aromatic heterocycles. The summed E-state index contributed by atoms with van der Waals surface area (Å²) in [6.07, 6.45) is 4.79. The molecule has 0 amide bonds. The van der Waals surface area contributed by atoms with Crippen molar-refractivity contribution in [1.29, 1.82) is 0 Å². The minimum Gasteiger partial charge on any atom is -0.346 e. The van der Waals surface area contributed by atoms with E-state index in [0.717, 1.165) is 64.7 Å². The van der Waals surface area contributed by atoms with E-state index in [-0.39, 0.29) is 0 Å². The van der Waals surface area contributed by atoms with E-state index >= 15 is 0 Å². The van der Waals surface area contributed by atoms with Crippen LogP contribution in [0.2, 0.25) is 5.02 Å². The van der Waals surface area contributed by atoms with E-state index in [1.165, 1.54) is 0 Å². The molecular formula is C22H24ClN7O. The van der Waals surface area contributed by atoms with Crippen molar-refractivity contribution in [3.05, 3.63) is 58.6 Å². The summed E-state index contributed by atoms with van der Waals surface area (Å²) in [5.41, 5.74) is 5.08. The second-order valence-electron chi connectivity index (χ2n) is 7.79. The molecule has 0 unspecified atom stereocenters. The maximum atomic E-state index is 6.50. The third-order valence-electron chi connectivity index (χ3n) is 5.72. The van der Waals surface area contributed by atoms with Crippen molar-refractivity contribution in [2.75, 3.05) is 18.5 Å². The van der Waals surface area contributed by atoms with E-state index < -0.39 is 0 Å². The molecule has 5 rings (SSSR count). The Labute approximate surface area is 185 Å². The third kappa shape index (κ3) is 3.78. The van der Waals surface area contributed by atoms with Crippen LogP contribution in [-0.4, -0.2) is 42.5 Å². The lowest BCUT2D eigenvalue weighted by Gasteiger charge is -2.12. The number of anilines is 2. The number of nitrogens with one attached hydrogen (secondary N) is 1. The van der Waals surface area contributed by atoms with E-state index in [1.54, 1.807) is 10.9 Å². The fourth-order valence-corrected chi connectivity index (χ4v) is 4.13. The number of nitrogens with zero attached hydrogens (tertiary/aromatic N) is 6. The van der Waals surface area contributed by atoms with Gasteiger partial charge in [0, 0.05) is 59.9 Å². The van der Waals surface area contributed by atoms with Crippen molar-refractivity contribution >= 4 is 34.1 Å². The van der Waals surface area contributed by atoms with Gasteiger partial charge in [-0.1, -0.05) is 11.6 Å². The second-order valence-corrected chi connectivity index (χ2v) is 8.17. The normalized spacial score (nSPS) is 14.6. The standard InChI is InChI=1S/C22H24ClN7O/c1-14-16(12-29-9-4-10-31-29)13-30(27-14)20-7-8-24-22(26-20)25-17-5-6-19-18(11-17)21(23)15(2)28(19)3/h5-8,11,13H,4,9-10,12H2,1-3H3,(H,24,25,26). The number of hydroxylamine groups is 2. The van der Waals surface area contributed by atoms with Crippen LogP contribution in [0.5, 0.6) is 0 Å². The molecule has 1 aliphatic heterocycles. The van der Waals surface area contributed by atoms with Crippen molar-refractivity contribution in [2.24, 2.45) is 7.05 Å². The van der Waals surface area contributed by atoms with Crippen LogP contribution in [0.1, 0.15) is 23.4 Å². The number of hydrogen-bond acceptors (Lipinski definition) is 6. The van der Waals surface area contributed by atoms with Gasteiger partial charge in [-0.3, -0.25) is 4.84 Å². The Morgan fingerprint density at radius 2 is 2.10 bits per heavy atom. The average molecular weight is 438 g/mol. The molecule has 31 heavy (non-hydrogen) atoms. The first kappa shape index (κ1) is 20.0. The largest absolute Gasteiger partial charge is 0.346 e. The Kier molecular flexibility index (Phi) is 5.13. The molecule has 9 heteroatoms. The first-order chi connectivity index (χ1) is 15.0. The predicted octanol–water partition coefficient (Wildman–Crippen LogP) is 4.31. The van der Waals surface area contributed by atoms with E-state index in [1.807, 2.05) is 56.4 Å². The van der Waals surface area contributed by atoms with E-state index in [0.29, 0.717) is 11.8 Å². The van der Waals surface area contributed by atoms with Gasteiger partial charge in [0.2, 0.25) is 5.95 Å². The van der Waals surface area contributed by atoms with Crippen molar-refractivity contribution in [2.45, 2.75) is 26.8 Å². The Morgan fingerprint density at radius 3 is 2.90 bits per heavy atom. The molecule has 0 spiro atoms. The quantitative estimate of drug-likeness (QED) is 0.501. The zero-order valence-electron chi connectivity index (χ0n) is 17.8. The Morgan fingerprint density at radius 1 is 1.23 bits per heavy atom. The summed E-state index contributed by atoms with van der Waals surface area (Å²) in [5.74, 6) is 1.20. The summed E-state index contributed by atoms with van der Waals surface area (Å²) in [5, 5.41) is 11.7. The van der Waals surface area contributed by atoms with Crippen LogP contribution in [0.15, 0.2) is 36.7 Å². The van der Waals surface area contributed by atoms with Crippen LogP contribution in [0, 0.1) is 13.8 Å². The summed E-state index contributed by atoms with van der Waals surface area (Å²) >= 11 is 6.50. The number of benzene rings is 1. The van der Waals surface area contributed by atoms with E-state index in [9.17, 15) is 0 Å². The minimum atomic E-state index is 0.498. The number of halogens is 1. The van der Waals surface area contributed by atoms with Crippen LogP contribution in [0.3, 0.4) is 0 Å². The van der Waals surface area contributed by atoms with Crippen molar-refractivity contribution in [1.82, 2.24) is 29.4 Å². The van der Waals surface area contributed by atoms with Gasteiger partial charge in [-0.25, -0.2) is 9.67 Å². The SMILES string of the molecule is Cc1nn(-c2ccnc(Nc3ccc4c(c3)c(Cl)c(C)n4C)n2)cc1CN1CCCO1. The fraction of sp³-hybridized carbons (Fsp3) is 0.318. The number of rotatable bonds is 5. The van der Waals surface area contributed by atoms with Gasteiger partial charge in [-0.05, 0) is 38.5 Å². The van der Waals surface area contributed by atoms with Crippen molar-refractivity contribution in [3.8, 4) is 5.82 Å². The van der Waals surface area contributed by atoms with Crippen LogP contribution >= 0.6 is 11.6 Å². The zero-order valence-corrected chi connectivity index (χ0v) is 18.5. The van der Waals surface area contributed by atoms with Gasteiger partial charge in [0.25, 0.3) is 0 Å². The summed E-state index contributed by atoms with van der Waals surface area (Å²) < 4.78 is 3.87. The molecule has 0 bridgehead atoms. The molecule has 160 valence electrons. The maximum absolute atomic E-state index is 6.50. The lowest BCUT2D eigenvalue weighted by Crippen LogP contribution is -2.17. The zero-order chi connectivity index (χ0) is 21.5. The molecule has 1 aromatic carbocycles. The molecule has 0 atom stereocenters. The Hall–Kier alpha value is -2.94. The molecule has 0 aliphatic carbocycles. The molecule has 1 N–H and O–H groups in total. The lowest BCUT2D eigenvalue weighted by molar-refractivity contribution is -0.117. The highest BCUT2D eigenvalue weighted by molar-refractivity contribution is 6.36. The highest BCUT2D eigenvalue weighted by atomic mass is 35.5. The minimum absolute atomic E-state index is 0.498.